The molecule has 3 nitrogen and oxygen atoms in total. The summed E-state index contributed by atoms with van der Waals surface area (Å²) in [5.74, 6) is 0.466. The first-order chi connectivity index (χ1) is 12.6. The molecule has 0 bridgehead atoms. The highest BCUT2D eigenvalue weighted by atomic mass is 16.1. The number of hydrogen-bond donors (Lipinski definition) is 1. The average molecular weight is 345 g/mol. The van der Waals surface area contributed by atoms with Crippen LogP contribution in [0.1, 0.15) is 36.5 Å². The van der Waals surface area contributed by atoms with Crippen LogP contribution in [0.3, 0.4) is 0 Å². The number of rotatable bonds is 6. The summed E-state index contributed by atoms with van der Waals surface area (Å²) in [4.78, 5) is 12.2. The molecule has 0 saturated carbocycles. The standard InChI is InChI=1S/C23H24N2O/c1-18(2)21-8-10-22(11-9-21)24-23(26)17-25-14-12-20(13-15-25)16-19-6-4-3-5-7-19/h3-15,18H,16-17H2,1-2H3/p+1. The lowest BCUT2D eigenvalue weighted by Crippen LogP contribution is -2.39. The fraction of sp³-hybridized carbons (Fsp3) is 0.217. The second-order valence-corrected chi connectivity index (χ2v) is 6.87. The van der Waals surface area contributed by atoms with Crippen molar-refractivity contribution in [2.45, 2.75) is 32.7 Å². The van der Waals surface area contributed by atoms with Crippen molar-refractivity contribution < 1.29 is 9.36 Å². The third-order valence-electron chi connectivity index (χ3n) is 4.40. The summed E-state index contributed by atoms with van der Waals surface area (Å²) >= 11 is 0. The number of nitrogens with zero attached hydrogens (tertiary/aromatic N) is 1. The third kappa shape index (κ3) is 5.03. The second kappa shape index (κ2) is 8.43. The number of nitrogens with one attached hydrogen (secondary N) is 1. The largest absolute Gasteiger partial charge is 0.321 e. The monoisotopic (exact) mass is 345 g/mol. The SMILES string of the molecule is CC(C)c1ccc(NC(=O)C[n+]2ccc(Cc3ccccc3)cc2)cc1. The van der Waals surface area contributed by atoms with Gasteiger partial charge in [0.05, 0.1) is 0 Å². The molecule has 26 heavy (non-hydrogen) atoms. The number of aromatic nitrogens is 1. The maximum atomic E-state index is 12.2. The van der Waals surface area contributed by atoms with Crippen LogP contribution >= 0.6 is 0 Å². The normalized spacial score (nSPS) is 10.7. The first kappa shape index (κ1) is 17.9. The van der Waals surface area contributed by atoms with Crippen LogP contribution in [-0.2, 0) is 17.8 Å². The Balaban J connectivity index is 1.55. The van der Waals surface area contributed by atoms with Gasteiger partial charge < -0.3 is 5.32 Å². The van der Waals surface area contributed by atoms with Crippen LogP contribution in [0.15, 0.2) is 79.1 Å². The summed E-state index contributed by atoms with van der Waals surface area (Å²) in [7, 11) is 0. The van der Waals surface area contributed by atoms with Crippen molar-refractivity contribution in [2.75, 3.05) is 5.32 Å². The molecule has 0 aliphatic heterocycles. The number of hydrogen-bond acceptors (Lipinski definition) is 1. The minimum absolute atomic E-state index is 0.0249. The number of carbonyl (C=O) groups excluding carboxylic acids is 1. The molecule has 132 valence electrons. The van der Waals surface area contributed by atoms with E-state index in [1.165, 1.54) is 16.7 Å². The number of anilines is 1. The van der Waals surface area contributed by atoms with Crippen LogP contribution in [0.5, 0.6) is 0 Å². The van der Waals surface area contributed by atoms with Gasteiger partial charge in [0.25, 0.3) is 5.91 Å². The molecule has 3 rings (SSSR count). The van der Waals surface area contributed by atoms with Crippen molar-refractivity contribution in [3.05, 3.63) is 95.8 Å². The van der Waals surface area contributed by atoms with Crippen molar-refractivity contribution in [3.8, 4) is 0 Å². The van der Waals surface area contributed by atoms with Gasteiger partial charge in [-0.1, -0.05) is 56.3 Å². The number of carbonyl (C=O) groups is 1. The fourth-order valence-corrected chi connectivity index (χ4v) is 2.86. The Hall–Kier alpha value is -2.94. The zero-order valence-corrected chi connectivity index (χ0v) is 15.4. The molecule has 1 heterocycles. The van der Waals surface area contributed by atoms with Crippen molar-refractivity contribution >= 4 is 11.6 Å². The topological polar surface area (TPSA) is 33.0 Å². The van der Waals surface area contributed by atoms with Gasteiger partial charge in [-0.3, -0.25) is 4.79 Å². The quantitative estimate of drug-likeness (QED) is 0.663. The fourth-order valence-electron chi connectivity index (χ4n) is 2.86. The average Bonchev–Trinajstić information content (AvgIpc) is 2.64. The van der Waals surface area contributed by atoms with Crippen molar-refractivity contribution in [1.29, 1.82) is 0 Å². The van der Waals surface area contributed by atoms with E-state index in [9.17, 15) is 4.79 Å². The molecular formula is C23H25N2O+. The molecule has 1 amide bonds. The lowest BCUT2D eigenvalue weighted by Gasteiger charge is -2.07. The second-order valence-electron chi connectivity index (χ2n) is 6.87. The van der Waals surface area contributed by atoms with Crippen LogP contribution in [-0.4, -0.2) is 5.91 Å². The zero-order valence-electron chi connectivity index (χ0n) is 15.4. The molecule has 0 fully saturated rings. The first-order valence-electron chi connectivity index (χ1n) is 9.02. The summed E-state index contributed by atoms with van der Waals surface area (Å²) in [6, 6.07) is 22.6. The molecule has 0 aliphatic rings. The van der Waals surface area contributed by atoms with Gasteiger partial charge in [0.2, 0.25) is 6.54 Å². The van der Waals surface area contributed by atoms with Crippen LogP contribution in [0.25, 0.3) is 0 Å². The Morgan fingerprint density at radius 1 is 0.885 bits per heavy atom. The maximum Gasteiger partial charge on any atom is 0.290 e. The summed E-state index contributed by atoms with van der Waals surface area (Å²) < 4.78 is 1.90. The molecule has 0 saturated heterocycles. The molecule has 0 aliphatic carbocycles. The zero-order chi connectivity index (χ0) is 18.4. The highest BCUT2D eigenvalue weighted by Gasteiger charge is 2.10. The van der Waals surface area contributed by atoms with E-state index in [-0.39, 0.29) is 5.91 Å². The summed E-state index contributed by atoms with van der Waals surface area (Å²) in [6.45, 7) is 4.62. The Morgan fingerprint density at radius 2 is 1.50 bits per heavy atom. The lowest BCUT2D eigenvalue weighted by atomic mass is 10.0. The van der Waals surface area contributed by atoms with Crippen molar-refractivity contribution in [3.63, 3.8) is 0 Å². The van der Waals surface area contributed by atoms with Gasteiger partial charge in [-0.2, -0.15) is 4.57 Å². The minimum atomic E-state index is -0.0249. The molecule has 3 heteroatoms. The van der Waals surface area contributed by atoms with Crippen LogP contribution < -0.4 is 9.88 Å². The van der Waals surface area contributed by atoms with E-state index in [1.807, 2.05) is 35.2 Å². The van der Waals surface area contributed by atoms with Gasteiger partial charge in [0.15, 0.2) is 12.4 Å². The van der Waals surface area contributed by atoms with Crippen molar-refractivity contribution in [1.82, 2.24) is 0 Å². The predicted octanol–water partition coefficient (Wildman–Crippen LogP) is 4.33. The van der Waals surface area contributed by atoms with E-state index in [0.717, 1.165) is 12.1 Å². The first-order valence-corrected chi connectivity index (χ1v) is 9.02. The lowest BCUT2D eigenvalue weighted by molar-refractivity contribution is -0.684. The third-order valence-corrected chi connectivity index (χ3v) is 4.40. The maximum absolute atomic E-state index is 12.2. The summed E-state index contributed by atoms with van der Waals surface area (Å²) in [5, 5.41) is 2.95. The van der Waals surface area contributed by atoms with E-state index in [2.05, 4.69) is 67.7 Å². The highest BCUT2D eigenvalue weighted by molar-refractivity contribution is 5.89. The number of amides is 1. The molecule has 0 unspecified atom stereocenters. The van der Waals surface area contributed by atoms with E-state index in [0.29, 0.717) is 12.5 Å². The van der Waals surface area contributed by atoms with Crippen LogP contribution in [0.4, 0.5) is 5.69 Å². The minimum Gasteiger partial charge on any atom is -0.321 e. The van der Waals surface area contributed by atoms with Gasteiger partial charge in [-0.25, -0.2) is 0 Å². The van der Waals surface area contributed by atoms with Gasteiger partial charge in [0.1, 0.15) is 0 Å². The summed E-state index contributed by atoms with van der Waals surface area (Å²) in [5.41, 5.74) is 4.62. The van der Waals surface area contributed by atoms with Crippen LogP contribution in [0.2, 0.25) is 0 Å². The van der Waals surface area contributed by atoms with Gasteiger partial charge in [-0.05, 0) is 41.2 Å². The molecule has 0 atom stereocenters. The van der Waals surface area contributed by atoms with E-state index < -0.39 is 0 Å². The molecule has 1 N–H and O–H groups in total. The summed E-state index contributed by atoms with van der Waals surface area (Å²) in [6.07, 6.45) is 4.81. The number of benzene rings is 2. The van der Waals surface area contributed by atoms with Gasteiger partial charge in [0, 0.05) is 17.8 Å². The highest BCUT2D eigenvalue weighted by Crippen LogP contribution is 2.17. The Morgan fingerprint density at radius 3 is 2.12 bits per heavy atom. The molecule has 0 radical (unpaired) electrons. The Bertz CT molecular complexity index is 838. The molecule has 2 aromatic carbocycles. The molecular weight excluding hydrogens is 320 g/mol. The molecule has 0 spiro atoms. The molecule has 1 aromatic heterocycles. The number of pyridine rings is 1. The van der Waals surface area contributed by atoms with Crippen LogP contribution in [0, 0.1) is 0 Å². The smallest absolute Gasteiger partial charge is 0.290 e. The Labute approximate surface area is 155 Å². The molecule has 3 aromatic rings. The van der Waals surface area contributed by atoms with E-state index in [4.69, 9.17) is 0 Å². The van der Waals surface area contributed by atoms with E-state index >= 15 is 0 Å². The van der Waals surface area contributed by atoms with Crippen molar-refractivity contribution in [2.24, 2.45) is 0 Å². The van der Waals surface area contributed by atoms with E-state index in [1.54, 1.807) is 0 Å². The Kier molecular flexibility index (Phi) is 5.80. The predicted molar refractivity (Wildman–Crippen MR) is 105 cm³/mol. The van der Waals surface area contributed by atoms with Gasteiger partial charge >= 0.3 is 0 Å². The van der Waals surface area contributed by atoms with Gasteiger partial charge in [-0.15, -0.1) is 0 Å².